The number of carboxylic acid groups (broad SMARTS) is 1. The molecule has 1 rings (SSSR count). The molecule has 0 heterocycles. The van der Waals surface area contributed by atoms with Crippen LogP contribution in [0.1, 0.15) is 5.56 Å². The van der Waals surface area contributed by atoms with Crippen molar-refractivity contribution in [1.82, 2.24) is 4.90 Å². The van der Waals surface area contributed by atoms with E-state index in [4.69, 9.17) is 5.11 Å². The van der Waals surface area contributed by atoms with E-state index in [-0.39, 0.29) is 0 Å². The zero-order chi connectivity index (χ0) is 13.4. The molecular formula is C14H13NO3. The van der Waals surface area contributed by atoms with Crippen LogP contribution in [-0.4, -0.2) is 21.9 Å². The third-order valence-corrected chi connectivity index (χ3v) is 2.03. The van der Waals surface area contributed by atoms with Crippen molar-refractivity contribution < 1.29 is 14.7 Å². The quantitative estimate of drug-likeness (QED) is 0.807. The number of rotatable bonds is 5. The van der Waals surface area contributed by atoms with Crippen LogP contribution >= 0.6 is 0 Å². The van der Waals surface area contributed by atoms with E-state index in [1.165, 1.54) is 12.4 Å². The van der Waals surface area contributed by atoms with Crippen molar-refractivity contribution in [3.63, 3.8) is 0 Å². The summed E-state index contributed by atoms with van der Waals surface area (Å²) in [4.78, 5) is 23.0. The van der Waals surface area contributed by atoms with Crippen molar-refractivity contribution in [3.8, 4) is 0 Å². The lowest BCUT2D eigenvalue weighted by molar-refractivity contribution is -0.131. The summed E-state index contributed by atoms with van der Waals surface area (Å²) >= 11 is 0. The molecule has 92 valence electrons. The molecule has 0 spiro atoms. The van der Waals surface area contributed by atoms with Gasteiger partial charge in [0.15, 0.2) is 0 Å². The van der Waals surface area contributed by atoms with Crippen molar-refractivity contribution in [1.29, 1.82) is 0 Å². The molecule has 0 fully saturated rings. The van der Waals surface area contributed by atoms with E-state index in [1.54, 1.807) is 6.08 Å². The van der Waals surface area contributed by atoms with E-state index in [1.807, 2.05) is 30.3 Å². The van der Waals surface area contributed by atoms with Crippen LogP contribution in [0.4, 0.5) is 0 Å². The second-order valence-electron chi connectivity index (χ2n) is 3.33. The zero-order valence-electron chi connectivity index (χ0n) is 9.69. The highest BCUT2D eigenvalue weighted by Crippen LogP contribution is 2.04. The number of carbonyl (C=O) groups is 2. The Kier molecular flexibility index (Phi) is 5.12. The summed E-state index contributed by atoms with van der Waals surface area (Å²) in [5, 5.41) is 8.53. The van der Waals surface area contributed by atoms with Gasteiger partial charge in [-0.25, -0.2) is 4.79 Å². The lowest BCUT2D eigenvalue weighted by atomic mass is 10.2. The number of benzene rings is 1. The van der Waals surface area contributed by atoms with Crippen molar-refractivity contribution >= 4 is 18.0 Å². The minimum atomic E-state index is -1.12. The van der Waals surface area contributed by atoms with Gasteiger partial charge >= 0.3 is 5.97 Å². The van der Waals surface area contributed by atoms with Crippen LogP contribution in [0.5, 0.6) is 0 Å². The summed E-state index contributed by atoms with van der Waals surface area (Å²) in [6.45, 7) is 3.36. The lowest BCUT2D eigenvalue weighted by Gasteiger charge is -2.09. The molecule has 0 atom stereocenters. The van der Waals surface area contributed by atoms with Gasteiger partial charge in [0.05, 0.1) is 0 Å². The summed E-state index contributed by atoms with van der Waals surface area (Å²) in [5.74, 6) is -1.52. The molecule has 1 aromatic rings. The molecule has 0 aliphatic carbocycles. The Hall–Kier alpha value is -2.62. The van der Waals surface area contributed by atoms with Crippen LogP contribution in [0.2, 0.25) is 0 Å². The van der Waals surface area contributed by atoms with Gasteiger partial charge in [-0.05, 0) is 17.7 Å². The fourth-order valence-electron chi connectivity index (χ4n) is 1.18. The fourth-order valence-corrected chi connectivity index (χ4v) is 1.18. The number of carbonyl (C=O) groups excluding carboxylic acids is 1. The molecule has 0 aromatic heterocycles. The highest BCUT2D eigenvalue weighted by Gasteiger charge is 2.02. The maximum Gasteiger partial charge on any atom is 0.329 e. The van der Waals surface area contributed by atoms with Gasteiger partial charge < -0.3 is 5.11 Å². The largest absolute Gasteiger partial charge is 0.478 e. The molecule has 0 aliphatic rings. The van der Waals surface area contributed by atoms with Gasteiger partial charge in [-0.3, -0.25) is 9.69 Å². The third-order valence-electron chi connectivity index (χ3n) is 2.03. The summed E-state index contributed by atoms with van der Waals surface area (Å²) in [7, 11) is 0. The van der Waals surface area contributed by atoms with E-state index in [9.17, 15) is 9.59 Å². The number of hydrogen-bond donors (Lipinski definition) is 1. The van der Waals surface area contributed by atoms with E-state index >= 15 is 0 Å². The maximum absolute atomic E-state index is 11.5. The molecule has 0 radical (unpaired) electrons. The molecule has 0 aliphatic heterocycles. The van der Waals surface area contributed by atoms with Crippen LogP contribution < -0.4 is 0 Å². The number of carboxylic acids is 1. The zero-order valence-corrected chi connectivity index (χ0v) is 9.69. The van der Waals surface area contributed by atoms with Crippen molar-refractivity contribution in [2.24, 2.45) is 0 Å². The molecule has 1 amide bonds. The summed E-state index contributed by atoms with van der Waals surface area (Å²) in [6, 6.07) is 9.36. The average molecular weight is 243 g/mol. The Labute approximate surface area is 105 Å². The minimum absolute atomic E-state index is 0.403. The average Bonchev–Trinajstić information content (AvgIpc) is 2.39. The van der Waals surface area contributed by atoms with Gasteiger partial charge in [-0.1, -0.05) is 36.9 Å². The van der Waals surface area contributed by atoms with E-state index in [0.29, 0.717) is 0 Å². The van der Waals surface area contributed by atoms with Gasteiger partial charge in [-0.15, -0.1) is 0 Å². The standard InChI is InChI=1S/C14H13NO3/c1-2-13(16)15(11-9-14(17)18)10-8-12-6-4-3-5-7-12/h2-11H,1H2,(H,17,18). The fraction of sp³-hybridized carbons (Fsp3) is 0. The summed E-state index contributed by atoms with van der Waals surface area (Å²) in [6.07, 6.45) is 6.36. The molecule has 1 N–H and O–H groups in total. The number of aliphatic carboxylic acids is 1. The van der Waals surface area contributed by atoms with E-state index in [0.717, 1.165) is 22.6 Å². The molecule has 0 unspecified atom stereocenters. The maximum atomic E-state index is 11.5. The second-order valence-corrected chi connectivity index (χ2v) is 3.33. The van der Waals surface area contributed by atoms with Crippen LogP contribution in [0.15, 0.2) is 61.5 Å². The van der Waals surface area contributed by atoms with E-state index in [2.05, 4.69) is 6.58 Å². The Bertz CT molecular complexity index is 489. The first-order valence-electron chi connectivity index (χ1n) is 5.22. The first-order chi connectivity index (χ1) is 8.63. The molecule has 4 nitrogen and oxygen atoms in total. The molecule has 4 heteroatoms. The molecule has 0 saturated heterocycles. The van der Waals surface area contributed by atoms with Gasteiger partial charge in [0.25, 0.3) is 5.91 Å². The normalized spacial score (nSPS) is 10.7. The lowest BCUT2D eigenvalue weighted by Crippen LogP contribution is -2.17. The van der Waals surface area contributed by atoms with Crippen molar-refractivity contribution in [3.05, 3.63) is 67.0 Å². The number of amides is 1. The predicted octanol–water partition coefficient (Wildman–Crippen LogP) is 2.27. The minimum Gasteiger partial charge on any atom is -0.478 e. The molecule has 0 saturated carbocycles. The first kappa shape index (κ1) is 13.4. The predicted molar refractivity (Wildman–Crippen MR) is 69.3 cm³/mol. The van der Waals surface area contributed by atoms with Crippen molar-refractivity contribution in [2.45, 2.75) is 0 Å². The van der Waals surface area contributed by atoms with Crippen molar-refractivity contribution in [2.75, 3.05) is 0 Å². The highest BCUT2D eigenvalue weighted by atomic mass is 16.4. The second kappa shape index (κ2) is 6.85. The smallest absolute Gasteiger partial charge is 0.329 e. The summed E-state index contributed by atoms with van der Waals surface area (Å²) in [5.41, 5.74) is 0.906. The molecular weight excluding hydrogens is 230 g/mol. The molecule has 0 bridgehead atoms. The van der Waals surface area contributed by atoms with Crippen LogP contribution in [0.3, 0.4) is 0 Å². The van der Waals surface area contributed by atoms with Crippen LogP contribution in [-0.2, 0) is 9.59 Å². The van der Waals surface area contributed by atoms with E-state index < -0.39 is 11.9 Å². The Morgan fingerprint density at radius 3 is 2.39 bits per heavy atom. The number of hydrogen-bond acceptors (Lipinski definition) is 2. The van der Waals surface area contributed by atoms with Gasteiger partial charge in [0.1, 0.15) is 0 Å². The summed E-state index contributed by atoms with van der Waals surface area (Å²) < 4.78 is 0. The van der Waals surface area contributed by atoms with Crippen LogP contribution in [0, 0.1) is 0 Å². The first-order valence-corrected chi connectivity index (χ1v) is 5.22. The number of nitrogens with zero attached hydrogens (tertiary/aromatic N) is 1. The molecule has 1 aromatic carbocycles. The Balaban J connectivity index is 2.85. The topological polar surface area (TPSA) is 57.6 Å². The monoisotopic (exact) mass is 243 g/mol. The van der Waals surface area contributed by atoms with Gasteiger partial charge in [0.2, 0.25) is 0 Å². The van der Waals surface area contributed by atoms with Gasteiger partial charge in [-0.2, -0.15) is 0 Å². The SMILES string of the molecule is C=CC(=O)N(C=CC(=O)O)C=Cc1ccccc1. The molecule has 18 heavy (non-hydrogen) atoms. The Morgan fingerprint density at radius 1 is 1.17 bits per heavy atom. The Morgan fingerprint density at radius 2 is 1.83 bits per heavy atom. The highest BCUT2D eigenvalue weighted by molar-refractivity contribution is 5.90. The van der Waals surface area contributed by atoms with Crippen LogP contribution in [0.25, 0.3) is 6.08 Å². The van der Waals surface area contributed by atoms with Gasteiger partial charge in [0, 0.05) is 18.5 Å². The third kappa shape index (κ3) is 4.49.